The first-order valence-corrected chi connectivity index (χ1v) is 6.68. The number of carbonyl (C=O) groups is 1. The fourth-order valence-electron chi connectivity index (χ4n) is 2.12. The second kappa shape index (κ2) is 5.94. The normalized spacial score (nSPS) is 11.1. The van der Waals surface area contributed by atoms with Gasteiger partial charge >= 0.3 is 0 Å². The lowest BCUT2D eigenvalue weighted by atomic mass is 10.1. The number of anilines is 1. The zero-order chi connectivity index (χ0) is 15.4. The molecule has 0 aliphatic heterocycles. The van der Waals surface area contributed by atoms with Gasteiger partial charge in [-0.2, -0.15) is 5.26 Å². The van der Waals surface area contributed by atoms with E-state index in [2.05, 4.69) is 15.3 Å². The number of nitrogens with zero attached hydrogens (tertiary/aromatic N) is 2. The van der Waals surface area contributed by atoms with Crippen molar-refractivity contribution in [1.82, 2.24) is 9.97 Å². The Morgan fingerprint density at radius 1 is 1.23 bits per heavy atom. The van der Waals surface area contributed by atoms with E-state index in [9.17, 15) is 10.1 Å². The molecule has 106 valence electrons. The molecule has 2 aromatic heterocycles. The quantitative estimate of drug-likeness (QED) is 0.574. The Bertz CT molecular complexity index is 888. The van der Waals surface area contributed by atoms with E-state index in [1.807, 2.05) is 36.4 Å². The highest BCUT2D eigenvalue weighted by Gasteiger charge is 2.11. The Hall–Kier alpha value is -3.39. The summed E-state index contributed by atoms with van der Waals surface area (Å²) in [6.45, 7) is 0. The van der Waals surface area contributed by atoms with Gasteiger partial charge in [0.25, 0.3) is 5.91 Å². The van der Waals surface area contributed by atoms with Gasteiger partial charge in [-0.1, -0.05) is 18.2 Å². The van der Waals surface area contributed by atoms with Crippen LogP contribution in [-0.2, 0) is 4.79 Å². The molecule has 3 rings (SSSR count). The average Bonchev–Trinajstić information content (AvgIpc) is 2.96. The van der Waals surface area contributed by atoms with Crippen molar-refractivity contribution in [1.29, 1.82) is 5.26 Å². The molecule has 0 radical (unpaired) electrons. The van der Waals surface area contributed by atoms with Crippen molar-refractivity contribution in [3.05, 3.63) is 66.0 Å². The highest BCUT2D eigenvalue weighted by Crippen LogP contribution is 2.19. The second-order valence-corrected chi connectivity index (χ2v) is 4.63. The van der Waals surface area contributed by atoms with E-state index >= 15 is 0 Å². The van der Waals surface area contributed by atoms with E-state index in [1.54, 1.807) is 30.6 Å². The van der Waals surface area contributed by atoms with Crippen LogP contribution in [0, 0.1) is 11.3 Å². The van der Waals surface area contributed by atoms with Crippen molar-refractivity contribution in [2.75, 3.05) is 5.32 Å². The highest BCUT2D eigenvalue weighted by molar-refractivity contribution is 6.10. The number of rotatable bonds is 3. The van der Waals surface area contributed by atoms with Crippen LogP contribution in [0.3, 0.4) is 0 Å². The topological polar surface area (TPSA) is 81.6 Å². The van der Waals surface area contributed by atoms with Crippen molar-refractivity contribution in [2.45, 2.75) is 0 Å². The van der Waals surface area contributed by atoms with Crippen molar-refractivity contribution >= 4 is 28.7 Å². The number of fused-ring (bicyclic) bond motifs is 1. The predicted octanol–water partition coefficient (Wildman–Crippen LogP) is 3.11. The predicted molar refractivity (Wildman–Crippen MR) is 84.8 cm³/mol. The minimum Gasteiger partial charge on any atom is -0.346 e. The number of aromatic nitrogens is 2. The molecule has 0 bridgehead atoms. The van der Waals surface area contributed by atoms with Crippen LogP contribution in [0.15, 0.2) is 60.4 Å². The van der Waals surface area contributed by atoms with Gasteiger partial charge in [-0.25, -0.2) is 4.98 Å². The molecule has 0 unspecified atom stereocenters. The van der Waals surface area contributed by atoms with Gasteiger partial charge in [0.1, 0.15) is 17.3 Å². The van der Waals surface area contributed by atoms with E-state index in [0.29, 0.717) is 5.69 Å². The van der Waals surface area contributed by atoms with Crippen LogP contribution >= 0.6 is 0 Å². The number of pyridine rings is 1. The van der Waals surface area contributed by atoms with Crippen molar-refractivity contribution < 1.29 is 4.79 Å². The summed E-state index contributed by atoms with van der Waals surface area (Å²) >= 11 is 0. The number of nitrogens with one attached hydrogen (secondary N) is 2. The molecule has 0 fully saturated rings. The van der Waals surface area contributed by atoms with E-state index < -0.39 is 5.91 Å². The zero-order valence-electron chi connectivity index (χ0n) is 11.6. The van der Waals surface area contributed by atoms with Crippen LogP contribution in [0.1, 0.15) is 5.56 Å². The third-order valence-electron chi connectivity index (χ3n) is 3.18. The number of para-hydroxylation sites is 1. The summed E-state index contributed by atoms with van der Waals surface area (Å²) < 4.78 is 0. The average molecular weight is 288 g/mol. The summed E-state index contributed by atoms with van der Waals surface area (Å²) in [7, 11) is 0. The van der Waals surface area contributed by atoms with Gasteiger partial charge < -0.3 is 10.3 Å². The Labute approximate surface area is 126 Å². The number of nitriles is 1. The number of benzene rings is 1. The Balaban J connectivity index is 1.90. The van der Waals surface area contributed by atoms with Gasteiger partial charge in [0, 0.05) is 29.0 Å². The molecular weight excluding hydrogens is 276 g/mol. The molecule has 0 saturated heterocycles. The molecule has 1 aromatic carbocycles. The van der Waals surface area contributed by atoms with Gasteiger partial charge in [-0.05, 0) is 30.3 Å². The lowest BCUT2D eigenvalue weighted by Gasteiger charge is -2.03. The van der Waals surface area contributed by atoms with Crippen LogP contribution in [-0.4, -0.2) is 15.9 Å². The van der Waals surface area contributed by atoms with Gasteiger partial charge in [-0.3, -0.25) is 4.79 Å². The number of hydrogen-bond acceptors (Lipinski definition) is 3. The molecule has 22 heavy (non-hydrogen) atoms. The molecule has 5 nitrogen and oxygen atoms in total. The molecule has 3 aromatic rings. The third-order valence-corrected chi connectivity index (χ3v) is 3.18. The van der Waals surface area contributed by atoms with Crippen molar-refractivity contribution in [2.24, 2.45) is 0 Å². The maximum atomic E-state index is 12.2. The molecule has 0 spiro atoms. The number of aromatic amines is 1. The van der Waals surface area contributed by atoms with E-state index in [-0.39, 0.29) is 5.57 Å². The molecule has 1 amide bonds. The lowest BCUT2D eigenvalue weighted by molar-refractivity contribution is -0.112. The molecule has 2 heterocycles. The fourth-order valence-corrected chi connectivity index (χ4v) is 2.12. The summed E-state index contributed by atoms with van der Waals surface area (Å²) in [5, 5.41) is 12.8. The van der Waals surface area contributed by atoms with E-state index in [4.69, 9.17) is 0 Å². The molecular formula is C17H12N4O. The first-order chi connectivity index (χ1) is 10.8. The van der Waals surface area contributed by atoms with Gasteiger partial charge in [0.15, 0.2) is 0 Å². The number of H-pyrrole nitrogens is 1. The molecule has 5 heteroatoms. The van der Waals surface area contributed by atoms with Gasteiger partial charge in [0.2, 0.25) is 0 Å². The van der Waals surface area contributed by atoms with Crippen LogP contribution < -0.4 is 5.32 Å². The first kappa shape index (κ1) is 13.6. The Kier molecular flexibility index (Phi) is 3.67. The summed E-state index contributed by atoms with van der Waals surface area (Å²) in [5.41, 5.74) is 2.15. The number of hydrogen-bond donors (Lipinski definition) is 2. The summed E-state index contributed by atoms with van der Waals surface area (Å²) in [5.74, 6) is -0.438. The minimum atomic E-state index is -0.438. The van der Waals surface area contributed by atoms with Crippen molar-refractivity contribution in [3.8, 4) is 6.07 Å². The van der Waals surface area contributed by atoms with Crippen molar-refractivity contribution in [3.63, 3.8) is 0 Å². The second-order valence-electron chi connectivity index (χ2n) is 4.63. The van der Waals surface area contributed by atoms with Crippen LogP contribution in [0.25, 0.3) is 17.1 Å². The SMILES string of the molecule is N#CC(=Cc1c[nH]c2ncccc12)C(=O)Nc1ccccc1. The maximum Gasteiger partial charge on any atom is 0.266 e. The summed E-state index contributed by atoms with van der Waals surface area (Å²) in [6.07, 6.45) is 4.96. The monoisotopic (exact) mass is 288 g/mol. The molecule has 2 N–H and O–H groups in total. The van der Waals surface area contributed by atoms with Crippen LogP contribution in [0.4, 0.5) is 5.69 Å². The standard InChI is InChI=1S/C17H12N4O/c18-10-12(17(22)21-14-5-2-1-3-6-14)9-13-11-20-16-15(13)7-4-8-19-16/h1-9,11H,(H,19,20)(H,21,22). The summed E-state index contributed by atoms with van der Waals surface area (Å²) in [4.78, 5) is 19.4. The fraction of sp³-hybridized carbons (Fsp3) is 0. The molecule has 0 aliphatic carbocycles. The first-order valence-electron chi connectivity index (χ1n) is 6.68. The Morgan fingerprint density at radius 3 is 2.82 bits per heavy atom. The number of carbonyl (C=O) groups excluding carboxylic acids is 1. The van der Waals surface area contributed by atoms with Gasteiger partial charge in [-0.15, -0.1) is 0 Å². The number of amides is 1. The third kappa shape index (κ3) is 2.72. The zero-order valence-corrected chi connectivity index (χ0v) is 11.6. The highest BCUT2D eigenvalue weighted by atomic mass is 16.1. The molecule has 0 saturated carbocycles. The van der Waals surface area contributed by atoms with E-state index in [0.717, 1.165) is 16.6 Å². The van der Waals surface area contributed by atoms with Crippen LogP contribution in [0.5, 0.6) is 0 Å². The lowest BCUT2D eigenvalue weighted by Crippen LogP contribution is -2.13. The van der Waals surface area contributed by atoms with Gasteiger partial charge in [0.05, 0.1) is 0 Å². The van der Waals surface area contributed by atoms with Crippen LogP contribution in [0.2, 0.25) is 0 Å². The largest absolute Gasteiger partial charge is 0.346 e. The minimum absolute atomic E-state index is 0.0357. The van der Waals surface area contributed by atoms with E-state index in [1.165, 1.54) is 0 Å². The maximum absolute atomic E-state index is 12.2. The summed E-state index contributed by atoms with van der Waals surface area (Å²) in [6, 6.07) is 14.7. The Morgan fingerprint density at radius 2 is 2.05 bits per heavy atom. The molecule has 0 atom stereocenters. The smallest absolute Gasteiger partial charge is 0.266 e. The molecule has 0 aliphatic rings.